The van der Waals surface area contributed by atoms with Crippen molar-refractivity contribution in [3.8, 4) is 0 Å². The Morgan fingerprint density at radius 2 is 2.00 bits per heavy atom. The Hall–Kier alpha value is -2.55. The summed E-state index contributed by atoms with van der Waals surface area (Å²) in [7, 11) is 1.89. The van der Waals surface area contributed by atoms with E-state index in [-0.39, 0.29) is 30.3 Å². The number of piperidine rings is 1. The minimum Gasteiger partial charge on any atom is -0.376 e. The molecular weight excluding hydrogens is 493 g/mol. The minimum atomic E-state index is -0.951. The molecule has 196 valence electrons. The lowest BCUT2D eigenvalue weighted by molar-refractivity contribution is -0.117. The molecule has 1 N–H and O–H groups in total. The number of nitrogens with one attached hydrogen (secondary N) is 1. The normalized spacial score (nSPS) is 30.6. The third-order valence-electron chi connectivity index (χ3n) is 8.87. The van der Waals surface area contributed by atoms with Gasteiger partial charge < -0.3 is 10.1 Å². The summed E-state index contributed by atoms with van der Waals surface area (Å²) >= 11 is 6.72. The molecule has 0 radical (unpaired) electrons. The van der Waals surface area contributed by atoms with Gasteiger partial charge in [-0.1, -0.05) is 18.5 Å². The highest BCUT2D eigenvalue weighted by Crippen LogP contribution is 2.54. The van der Waals surface area contributed by atoms with Crippen molar-refractivity contribution in [1.82, 2.24) is 19.7 Å². The molecule has 1 aliphatic carbocycles. The quantitative estimate of drug-likeness (QED) is 0.512. The monoisotopic (exact) mass is 525 g/mol. The van der Waals surface area contributed by atoms with Crippen molar-refractivity contribution in [3.05, 3.63) is 52.9 Å². The van der Waals surface area contributed by atoms with Gasteiger partial charge in [0.15, 0.2) is 0 Å². The van der Waals surface area contributed by atoms with E-state index in [2.05, 4.69) is 33.3 Å². The van der Waals surface area contributed by atoms with Gasteiger partial charge in [-0.05, 0) is 79.4 Å². The molecule has 2 aliphatic heterocycles. The van der Waals surface area contributed by atoms with E-state index < -0.39 is 11.7 Å². The van der Waals surface area contributed by atoms with Crippen molar-refractivity contribution in [2.45, 2.75) is 50.2 Å². The molecule has 3 aliphatic rings. The van der Waals surface area contributed by atoms with E-state index in [1.54, 1.807) is 10.9 Å². The molecule has 1 saturated carbocycles. The molecule has 3 aromatic rings. The average molecular weight is 526 g/mol. The van der Waals surface area contributed by atoms with E-state index in [0.29, 0.717) is 18.3 Å². The van der Waals surface area contributed by atoms with Crippen LogP contribution in [0.15, 0.2) is 36.8 Å². The maximum Gasteiger partial charge on any atom is 0.229 e. The van der Waals surface area contributed by atoms with Crippen LogP contribution in [0.25, 0.3) is 10.8 Å². The number of pyridine rings is 1. The summed E-state index contributed by atoms with van der Waals surface area (Å²) in [4.78, 5) is 19.7. The number of halogens is 2. The predicted octanol–water partition coefficient (Wildman–Crippen LogP) is 4.92. The van der Waals surface area contributed by atoms with Crippen LogP contribution in [-0.2, 0) is 16.6 Å². The SMILES string of the molecule is C[C@@H]1[C@H](C(=O)Nc2cc3cc(C4CCN([C@]5(C)COC[C@@H]5F)CC4)c(Cl)cc3cn2)[C@H]1c1cnn(C)c1. The second kappa shape index (κ2) is 9.33. The van der Waals surface area contributed by atoms with Crippen molar-refractivity contribution in [3.63, 3.8) is 0 Å². The van der Waals surface area contributed by atoms with Crippen LogP contribution in [0.2, 0.25) is 5.02 Å². The Morgan fingerprint density at radius 1 is 1.22 bits per heavy atom. The smallest absolute Gasteiger partial charge is 0.229 e. The van der Waals surface area contributed by atoms with Crippen molar-refractivity contribution >= 4 is 34.1 Å². The lowest BCUT2D eigenvalue weighted by Crippen LogP contribution is -2.55. The van der Waals surface area contributed by atoms with Crippen LogP contribution in [0.3, 0.4) is 0 Å². The summed E-state index contributed by atoms with van der Waals surface area (Å²) in [5, 5.41) is 9.94. The molecule has 9 heteroatoms. The Balaban J connectivity index is 1.16. The zero-order chi connectivity index (χ0) is 25.9. The number of alkyl halides is 1. The maximum atomic E-state index is 14.5. The van der Waals surface area contributed by atoms with E-state index in [1.807, 2.05) is 38.5 Å². The number of anilines is 1. The van der Waals surface area contributed by atoms with Crippen LogP contribution in [0, 0.1) is 11.8 Å². The van der Waals surface area contributed by atoms with E-state index in [0.717, 1.165) is 52.9 Å². The maximum absolute atomic E-state index is 14.5. The molecule has 0 unspecified atom stereocenters. The van der Waals surface area contributed by atoms with Crippen LogP contribution in [-0.4, -0.2) is 63.6 Å². The summed E-state index contributed by atoms with van der Waals surface area (Å²) in [5.41, 5.74) is 1.67. The number of carbonyl (C=O) groups excluding carboxylic acids is 1. The molecule has 0 bridgehead atoms. The van der Waals surface area contributed by atoms with Gasteiger partial charge in [0.25, 0.3) is 0 Å². The van der Waals surface area contributed by atoms with E-state index in [1.165, 1.54) is 0 Å². The zero-order valence-electron chi connectivity index (χ0n) is 21.5. The Morgan fingerprint density at radius 3 is 2.68 bits per heavy atom. The zero-order valence-corrected chi connectivity index (χ0v) is 22.2. The van der Waals surface area contributed by atoms with Gasteiger partial charge in [0.2, 0.25) is 5.91 Å². The number of ether oxygens (including phenoxy) is 1. The van der Waals surface area contributed by atoms with Crippen LogP contribution in [0.4, 0.5) is 10.2 Å². The first-order valence-electron chi connectivity index (χ1n) is 13.1. The number of hydrogen-bond acceptors (Lipinski definition) is 5. The number of fused-ring (bicyclic) bond motifs is 1. The van der Waals surface area contributed by atoms with Gasteiger partial charge in [0, 0.05) is 41.7 Å². The van der Waals surface area contributed by atoms with Gasteiger partial charge in [-0.15, -0.1) is 0 Å². The van der Waals surface area contributed by atoms with Crippen LogP contribution >= 0.6 is 11.6 Å². The number of nitrogens with zero attached hydrogens (tertiary/aromatic N) is 4. The number of aryl methyl sites for hydroxylation is 1. The highest BCUT2D eigenvalue weighted by Gasteiger charge is 2.53. The van der Waals surface area contributed by atoms with Crippen molar-refractivity contribution in [2.75, 3.05) is 31.6 Å². The predicted molar refractivity (Wildman–Crippen MR) is 142 cm³/mol. The highest BCUT2D eigenvalue weighted by atomic mass is 35.5. The third-order valence-corrected chi connectivity index (χ3v) is 9.20. The minimum absolute atomic E-state index is 0.00897. The van der Waals surface area contributed by atoms with E-state index in [4.69, 9.17) is 16.3 Å². The second-order valence-electron chi connectivity index (χ2n) is 11.2. The summed E-state index contributed by atoms with van der Waals surface area (Å²) < 4.78 is 21.7. The third kappa shape index (κ3) is 4.43. The van der Waals surface area contributed by atoms with E-state index in [9.17, 15) is 9.18 Å². The number of rotatable bonds is 5. The first-order chi connectivity index (χ1) is 17.7. The summed E-state index contributed by atoms with van der Waals surface area (Å²) in [6.45, 7) is 6.33. The van der Waals surface area contributed by atoms with Crippen molar-refractivity contribution in [1.29, 1.82) is 0 Å². The molecule has 2 aromatic heterocycles. The fourth-order valence-corrected chi connectivity index (χ4v) is 6.72. The molecule has 37 heavy (non-hydrogen) atoms. The van der Waals surface area contributed by atoms with Gasteiger partial charge in [-0.25, -0.2) is 9.37 Å². The second-order valence-corrected chi connectivity index (χ2v) is 11.6. The fraction of sp³-hybridized carbons (Fsp3) is 0.536. The van der Waals surface area contributed by atoms with Crippen LogP contribution < -0.4 is 5.32 Å². The highest BCUT2D eigenvalue weighted by molar-refractivity contribution is 6.32. The molecule has 6 rings (SSSR count). The number of amides is 1. The van der Waals surface area contributed by atoms with Gasteiger partial charge in [0.1, 0.15) is 12.0 Å². The Labute approximate surface area is 221 Å². The van der Waals surface area contributed by atoms with Gasteiger partial charge in [0.05, 0.1) is 24.9 Å². The summed E-state index contributed by atoms with van der Waals surface area (Å²) in [6, 6.07) is 6.02. The average Bonchev–Trinajstić information content (AvgIpc) is 3.15. The lowest BCUT2D eigenvalue weighted by Gasteiger charge is -2.43. The first-order valence-corrected chi connectivity index (χ1v) is 13.5. The number of benzene rings is 1. The van der Waals surface area contributed by atoms with Crippen LogP contribution in [0.1, 0.15) is 49.7 Å². The molecule has 3 fully saturated rings. The number of likely N-dealkylation sites (tertiary alicyclic amines) is 1. The van der Waals surface area contributed by atoms with Gasteiger partial charge in [-0.3, -0.25) is 14.4 Å². The summed E-state index contributed by atoms with van der Waals surface area (Å²) in [5.74, 6) is 1.22. The van der Waals surface area contributed by atoms with Gasteiger partial charge in [-0.2, -0.15) is 5.10 Å². The van der Waals surface area contributed by atoms with Crippen molar-refractivity contribution in [2.24, 2.45) is 18.9 Å². The number of aromatic nitrogens is 3. The lowest BCUT2D eigenvalue weighted by atomic mass is 9.85. The molecule has 4 heterocycles. The molecule has 7 nitrogen and oxygen atoms in total. The standard InChI is InChI=1S/C28H33ClFN5O2/c1-16-25(20-12-32-34(3)13-20)26(16)27(36)33-24-10-18-8-21(22(29)9-19(18)11-31-24)17-4-6-35(7-5-17)28(2)15-37-14-23(28)30/h8-13,16-17,23,25-26H,4-7,14-15H2,1-3H3,(H,31,33,36)/t16-,23-,25+,26-,28+/m0/s1. The van der Waals surface area contributed by atoms with Gasteiger partial charge >= 0.3 is 0 Å². The largest absolute Gasteiger partial charge is 0.376 e. The van der Waals surface area contributed by atoms with Crippen LogP contribution in [0.5, 0.6) is 0 Å². The Kier molecular flexibility index (Phi) is 6.24. The molecule has 1 amide bonds. The molecule has 0 spiro atoms. The first kappa shape index (κ1) is 24.8. The summed E-state index contributed by atoms with van der Waals surface area (Å²) in [6.07, 6.45) is 6.47. The number of carbonyl (C=O) groups is 1. The van der Waals surface area contributed by atoms with Crippen molar-refractivity contribution < 1.29 is 13.9 Å². The molecule has 2 saturated heterocycles. The number of hydrogen-bond donors (Lipinski definition) is 1. The topological polar surface area (TPSA) is 72.3 Å². The molecular formula is C28H33ClFN5O2. The molecule has 5 atom stereocenters. The van der Waals surface area contributed by atoms with E-state index >= 15 is 0 Å². The fourth-order valence-electron chi connectivity index (χ4n) is 6.39. The Bertz CT molecular complexity index is 1340. The molecule has 1 aromatic carbocycles.